The van der Waals surface area contributed by atoms with Gasteiger partial charge >= 0.3 is 6.09 Å². The largest absolute Gasteiger partial charge is 0.497 e. The molecule has 0 bridgehead atoms. The smallest absolute Gasteiger partial charge is 0.431 e. The summed E-state index contributed by atoms with van der Waals surface area (Å²) < 4.78 is 10.2. The van der Waals surface area contributed by atoms with E-state index in [2.05, 4.69) is 16.2 Å². The van der Waals surface area contributed by atoms with Crippen LogP contribution in [0.5, 0.6) is 11.5 Å². The lowest BCUT2D eigenvalue weighted by Gasteiger charge is -2.14. The first-order valence-electron chi connectivity index (χ1n) is 8.49. The summed E-state index contributed by atoms with van der Waals surface area (Å²) in [4.78, 5) is 11.9. The summed E-state index contributed by atoms with van der Waals surface area (Å²) in [5.74, 6) is 1.06. The van der Waals surface area contributed by atoms with E-state index in [-0.39, 0.29) is 5.11 Å². The first kappa shape index (κ1) is 19.2. The molecule has 3 N–H and O–H groups in total. The fraction of sp³-hybridized carbons (Fsp3) is 0.0476. The van der Waals surface area contributed by atoms with Crippen LogP contribution in [0.4, 0.5) is 10.5 Å². The van der Waals surface area contributed by atoms with Crippen molar-refractivity contribution in [1.82, 2.24) is 10.9 Å². The van der Waals surface area contributed by atoms with Gasteiger partial charge in [0.25, 0.3) is 0 Å². The molecule has 28 heavy (non-hydrogen) atoms. The van der Waals surface area contributed by atoms with Gasteiger partial charge in [0, 0.05) is 11.3 Å². The average Bonchev–Trinajstić information content (AvgIpc) is 2.74. The van der Waals surface area contributed by atoms with Crippen LogP contribution in [0.15, 0.2) is 78.9 Å². The van der Waals surface area contributed by atoms with Crippen LogP contribution in [0.3, 0.4) is 0 Å². The summed E-state index contributed by atoms with van der Waals surface area (Å²) in [6.45, 7) is 0. The molecule has 0 heterocycles. The Morgan fingerprint density at radius 1 is 0.821 bits per heavy atom. The Morgan fingerprint density at radius 3 is 2.18 bits per heavy atom. The minimum Gasteiger partial charge on any atom is -0.497 e. The van der Waals surface area contributed by atoms with Gasteiger partial charge in [-0.15, -0.1) is 0 Å². The van der Waals surface area contributed by atoms with Gasteiger partial charge in [-0.2, -0.15) is 0 Å². The van der Waals surface area contributed by atoms with Crippen molar-refractivity contribution in [3.05, 3.63) is 78.9 Å². The molecule has 1 amide bonds. The molecule has 0 radical (unpaired) electrons. The lowest BCUT2D eigenvalue weighted by Crippen LogP contribution is -2.45. The molecular weight excluding hydrogens is 374 g/mol. The van der Waals surface area contributed by atoms with Crippen LogP contribution in [0.2, 0.25) is 0 Å². The quantitative estimate of drug-likeness (QED) is 0.452. The van der Waals surface area contributed by atoms with E-state index in [9.17, 15) is 4.79 Å². The molecule has 0 unspecified atom stereocenters. The van der Waals surface area contributed by atoms with Gasteiger partial charge in [-0.3, -0.25) is 5.43 Å². The predicted molar refractivity (Wildman–Crippen MR) is 113 cm³/mol. The maximum absolute atomic E-state index is 11.9. The molecule has 0 aliphatic rings. The third-order valence-corrected chi connectivity index (χ3v) is 4.01. The molecule has 0 saturated carbocycles. The van der Waals surface area contributed by atoms with Gasteiger partial charge in [0.2, 0.25) is 0 Å². The predicted octanol–water partition coefficient (Wildman–Crippen LogP) is 4.35. The molecule has 0 saturated heterocycles. The van der Waals surface area contributed by atoms with E-state index in [1.807, 2.05) is 54.6 Å². The zero-order chi connectivity index (χ0) is 19.8. The zero-order valence-corrected chi connectivity index (χ0v) is 16.0. The molecule has 3 aromatic rings. The van der Waals surface area contributed by atoms with Gasteiger partial charge in [-0.25, -0.2) is 10.2 Å². The maximum atomic E-state index is 11.9. The van der Waals surface area contributed by atoms with Crippen LogP contribution in [0.1, 0.15) is 0 Å². The number of hydrogen-bond donors (Lipinski definition) is 3. The second-order valence-electron chi connectivity index (χ2n) is 5.68. The Balaban J connectivity index is 1.55. The molecule has 0 aliphatic carbocycles. The van der Waals surface area contributed by atoms with Crippen molar-refractivity contribution in [1.29, 1.82) is 0 Å². The Bertz CT molecular complexity index is 947. The van der Waals surface area contributed by atoms with Crippen molar-refractivity contribution in [2.75, 3.05) is 12.4 Å². The third-order valence-electron chi connectivity index (χ3n) is 3.81. The van der Waals surface area contributed by atoms with Crippen molar-refractivity contribution < 1.29 is 14.3 Å². The fourth-order valence-corrected chi connectivity index (χ4v) is 2.66. The number of ether oxygens (including phenoxy) is 2. The second-order valence-corrected chi connectivity index (χ2v) is 6.09. The number of carbonyl (C=O) groups is 1. The fourth-order valence-electron chi connectivity index (χ4n) is 2.50. The highest BCUT2D eigenvalue weighted by atomic mass is 32.1. The minimum absolute atomic E-state index is 0.232. The maximum Gasteiger partial charge on any atom is 0.431 e. The average molecular weight is 393 g/mol. The Morgan fingerprint density at radius 2 is 1.46 bits per heavy atom. The topological polar surface area (TPSA) is 71.6 Å². The van der Waals surface area contributed by atoms with E-state index in [0.717, 1.165) is 16.8 Å². The number of para-hydroxylation sites is 1. The van der Waals surface area contributed by atoms with Crippen LogP contribution >= 0.6 is 12.2 Å². The van der Waals surface area contributed by atoms with E-state index in [4.69, 9.17) is 21.7 Å². The van der Waals surface area contributed by atoms with Crippen LogP contribution in [-0.2, 0) is 0 Å². The van der Waals surface area contributed by atoms with Crippen LogP contribution in [-0.4, -0.2) is 18.3 Å². The van der Waals surface area contributed by atoms with Crippen LogP contribution in [0.25, 0.3) is 11.1 Å². The minimum atomic E-state index is -0.689. The molecule has 0 fully saturated rings. The van der Waals surface area contributed by atoms with Gasteiger partial charge < -0.3 is 14.8 Å². The standard InChI is InChI=1S/C21H19N3O3S/c1-26-16-11-13-17(14-12-16)27-21(25)24-23-20(28)22-19-10-6-5-9-18(19)15-7-3-2-4-8-15/h2-14H,1H3,(H,24,25)(H2,22,23,28). The number of anilines is 1. The SMILES string of the molecule is COc1ccc(OC(=O)NNC(=S)Nc2ccccc2-c2ccccc2)cc1. The highest BCUT2D eigenvalue weighted by Crippen LogP contribution is 2.27. The summed E-state index contributed by atoms with van der Waals surface area (Å²) in [5.41, 5.74) is 7.88. The summed E-state index contributed by atoms with van der Waals surface area (Å²) in [6, 6.07) is 24.3. The van der Waals surface area contributed by atoms with E-state index < -0.39 is 6.09 Å². The van der Waals surface area contributed by atoms with Gasteiger partial charge in [0.15, 0.2) is 5.11 Å². The molecule has 6 nitrogen and oxygen atoms in total. The number of hydrazine groups is 1. The van der Waals surface area contributed by atoms with Gasteiger partial charge in [-0.05, 0) is 48.1 Å². The van der Waals surface area contributed by atoms with Crippen LogP contribution < -0.4 is 25.6 Å². The molecule has 3 aromatic carbocycles. The van der Waals surface area contributed by atoms with E-state index in [1.165, 1.54) is 0 Å². The first-order chi connectivity index (χ1) is 13.7. The number of thiocarbonyl (C=S) groups is 1. The van der Waals surface area contributed by atoms with E-state index in [1.54, 1.807) is 31.4 Å². The molecule has 0 aliphatic heterocycles. The van der Waals surface area contributed by atoms with E-state index in [0.29, 0.717) is 11.5 Å². The summed E-state index contributed by atoms with van der Waals surface area (Å²) in [6.07, 6.45) is -0.689. The number of rotatable bonds is 4. The summed E-state index contributed by atoms with van der Waals surface area (Å²) >= 11 is 5.25. The van der Waals surface area contributed by atoms with Crippen molar-refractivity contribution in [2.24, 2.45) is 0 Å². The number of carbonyl (C=O) groups excluding carboxylic acids is 1. The van der Waals surface area contributed by atoms with E-state index >= 15 is 0 Å². The molecule has 0 atom stereocenters. The molecule has 7 heteroatoms. The second kappa shape index (κ2) is 9.38. The monoisotopic (exact) mass is 393 g/mol. The lowest BCUT2D eigenvalue weighted by atomic mass is 10.0. The van der Waals surface area contributed by atoms with Crippen molar-refractivity contribution in [3.63, 3.8) is 0 Å². The Labute approximate surface area is 168 Å². The van der Waals surface area contributed by atoms with Crippen molar-refractivity contribution >= 4 is 29.1 Å². The highest BCUT2D eigenvalue weighted by molar-refractivity contribution is 7.80. The number of amides is 1. The number of nitrogens with one attached hydrogen (secondary N) is 3. The first-order valence-corrected chi connectivity index (χ1v) is 8.90. The Hall–Kier alpha value is -3.58. The number of hydrogen-bond acceptors (Lipinski definition) is 4. The molecular formula is C21H19N3O3S. The summed E-state index contributed by atoms with van der Waals surface area (Å²) in [7, 11) is 1.57. The lowest BCUT2D eigenvalue weighted by molar-refractivity contribution is 0.198. The summed E-state index contributed by atoms with van der Waals surface area (Å²) in [5, 5.41) is 3.31. The molecule has 0 spiro atoms. The van der Waals surface area contributed by atoms with Crippen molar-refractivity contribution in [2.45, 2.75) is 0 Å². The number of benzene rings is 3. The normalized spacial score (nSPS) is 9.89. The highest BCUT2D eigenvalue weighted by Gasteiger charge is 2.08. The Kier molecular flexibility index (Phi) is 6.43. The van der Waals surface area contributed by atoms with Crippen molar-refractivity contribution in [3.8, 4) is 22.6 Å². The third kappa shape index (κ3) is 5.21. The van der Waals surface area contributed by atoms with Gasteiger partial charge in [-0.1, -0.05) is 48.5 Å². The molecule has 3 rings (SSSR count). The zero-order valence-electron chi connectivity index (χ0n) is 15.1. The van der Waals surface area contributed by atoms with Gasteiger partial charge in [0.1, 0.15) is 11.5 Å². The van der Waals surface area contributed by atoms with Crippen LogP contribution in [0, 0.1) is 0 Å². The van der Waals surface area contributed by atoms with Gasteiger partial charge in [0.05, 0.1) is 7.11 Å². The molecule has 142 valence electrons. The number of methoxy groups -OCH3 is 1. The molecule has 0 aromatic heterocycles.